The quantitative estimate of drug-likeness (QED) is 0.615. The molecular formula is C16H23NO3. The molecule has 4 heteroatoms. The first-order chi connectivity index (χ1) is 9.74. The first kappa shape index (κ1) is 14.9. The van der Waals surface area contributed by atoms with E-state index in [1.807, 2.05) is 31.2 Å². The first-order valence-corrected chi connectivity index (χ1v) is 7.38. The fourth-order valence-corrected chi connectivity index (χ4v) is 2.33. The normalized spacial score (nSPS) is 15.2. The minimum Gasteiger partial charge on any atom is -0.494 e. The van der Waals surface area contributed by atoms with Crippen molar-refractivity contribution in [2.75, 3.05) is 6.61 Å². The van der Waals surface area contributed by atoms with E-state index in [0.29, 0.717) is 19.4 Å². The van der Waals surface area contributed by atoms with Crippen molar-refractivity contribution >= 4 is 5.91 Å². The molecule has 2 rings (SSSR count). The number of rotatable bonds is 7. The van der Waals surface area contributed by atoms with Gasteiger partial charge in [0.15, 0.2) is 0 Å². The van der Waals surface area contributed by atoms with E-state index < -0.39 is 0 Å². The van der Waals surface area contributed by atoms with Crippen LogP contribution in [0.15, 0.2) is 24.3 Å². The third-order valence-corrected chi connectivity index (χ3v) is 3.45. The highest BCUT2D eigenvalue weighted by atomic mass is 16.7. The molecule has 0 saturated heterocycles. The van der Waals surface area contributed by atoms with E-state index in [1.165, 1.54) is 18.4 Å². The van der Waals surface area contributed by atoms with Gasteiger partial charge < -0.3 is 4.74 Å². The van der Waals surface area contributed by atoms with Gasteiger partial charge >= 0.3 is 0 Å². The van der Waals surface area contributed by atoms with Gasteiger partial charge in [-0.15, -0.1) is 0 Å². The van der Waals surface area contributed by atoms with Crippen molar-refractivity contribution < 1.29 is 14.4 Å². The van der Waals surface area contributed by atoms with Crippen LogP contribution in [0.4, 0.5) is 0 Å². The highest BCUT2D eigenvalue weighted by molar-refractivity contribution is 5.74. The molecule has 0 bridgehead atoms. The Balaban J connectivity index is 1.55. The van der Waals surface area contributed by atoms with Crippen molar-refractivity contribution in [1.29, 1.82) is 0 Å². The summed E-state index contributed by atoms with van der Waals surface area (Å²) in [7, 11) is 0. The summed E-state index contributed by atoms with van der Waals surface area (Å²) in [4.78, 5) is 16.9. The Morgan fingerprint density at radius 2 is 2.15 bits per heavy atom. The molecule has 0 aliphatic heterocycles. The predicted octanol–water partition coefficient (Wildman–Crippen LogP) is 3.14. The second kappa shape index (κ2) is 7.90. The summed E-state index contributed by atoms with van der Waals surface area (Å²) in [5.74, 6) is 0.789. The number of hydrogen-bond donors (Lipinski definition) is 1. The first-order valence-electron chi connectivity index (χ1n) is 7.38. The standard InChI is InChI=1S/C16H23NO3/c1-13-6-4-9-15(12-13)19-11-5-10-16(18)17-20-14-7-2-3-8-14/h4,6,9,12,14H,2-3,5,7-8,10-11H2,1H3,(H,17,18). The summed E-state index contributed by atoms with van der Waals surface area (Å²) < 4.78 is 5.59. The molecular weight excluding hydrogens is 254 g/mol. The van der Waals surface area contributed by atoms with Crippen LogP contribution >= 0.6 is 0 Å². The fraction of sp³-hybridized carbons (Fsp3) is 0.562. The van der Waals surface area contributed by atoms with Gasteiger partial charge in [-0.25, -0.2) is 5.48 Å². The molecule has 1 N–H and O–H groups in total. The van der Waals surface area contributed by atoms with Gasteiger partial charge in [0.05, 0.1) is 12.7 Å². The summed E-state index contributed by atoms with van der Waals surface area (Å²) in [6.07, 6.45) is 5.83. The molecule has 0 aromatic heterocycles. The van der Waals surface area contributed by atoms with Crippen LogP contribution in [0, 0.1) is 6.92 Å². The van der Waals surface area contributed by atoms with Crippen LogP contribution in [0.5, 0.6) is 5.75 Å². The zero-order valence-corrected chi connectivity index (χ0v) is 12.1. The van der Waals surface area contributed by atoms with E-state index in [2.05, 4.69) is 5.48 Å². The van der Waals surface area contributed by atoms with Crippen molar-refractivity contribution in [3.63, 3.8) is 0 Å². The zero-order chi connectivity index (χ0) is 14.2. The molecule has 110 valence electrons. The second-order valence-electron chi connectivity index (χ2n) is 5.32. The largest absolute Gasteiger partial charge is 0.494 e. The van der Waals surface area contributed by atoms with E-state index in [0.717, 1.165) is 18.6 Å². The monoisotopic (exact) mass is 277 g/mol. The molecule has 0 unspecified atom stereocenters. The summed E-state index contributed by atoms with van der Waals surface area (Å²) >= 11 is 0. The molecule has 0 radical (unpaired) electrons. The van der Waals surface area contributed by atoms with Gasteiger partial charge in [-0.1, -0.05) is 25.0 Å². The van der Waals surface area contributed by atoms with E-state index >= 15 is 0 Å². The maximum Gasteiger partial charge on any atom is 0.243 e. The molecule has 0 heterocycles. The lowest BCUT2D eigenvalue weighted by molar-refractivity contribution is -0.138. The molecule has 0 atom stereocenters. The Bertz CT molecular complexity index is 427. The van der Waals surface area contributed by atoms with Crippen LogP contribution in [0.2, 0.25) is 0 Å². The third-order valence-electron chi connectivity index (χ3n) is 3.45. The number of nitrogens with one attached hydrogen (secondary N) is 1. The van der Waals surface area contributed by atoms with Crippen molar-refractivity contribution in [3.05, 3.63) is 29.8 Å². The Labute approximate surface area is 120 Å². The minimum atomic E-state index is -0.0651. The van der Waals surface area contributed by atoms with Gasteiger partial charge in [-0.2, -0.15) is 0 Å². The Morgan fingerprint density at radius 3 is 2.90 bits per heavy atom. The number of carbonyl (C=O) groups is 1. The lowest BCUT2D eigenvalue weighted by Crippen LogP contribution is -2.28. The Kier molecular flexibility index (Phi) is 5.87. The average Bonchev–Trinajstić information content (AvgIpc) is 2.95. The summed E-state index contributed by atoms with van der Waals surface area (Å²) in [6.45, 7) is 2.57. The van der Waals surface area contributed by atoms with Crippen molar-refractivity contribution in [2.24, 2.45) is 0 Å². The lowest BCUT2D eigenvalue weighted by atomic mass is 10.2. The van der Waals surface area contributed by atoms with E-state index in [-0.39, 0.29) is 12.0 Å². The fourth-order valence-electron chi connectivity index (χ4n) is 2.33. The number of ether oxygens (including phenoxy) is 1. The maximum atomic E-state index is 11.6. The molecule has 0 spiro atoms. The number of carbonyl (C=O) groups excluding carboxylic acids is 1. The van der Waals surface area contributed by atoms with Gasteiger partial charge in [0, 0.05) is 6.42 Å². The molecule has 1 aliphatic rings. The van der Waals surface area contributed by atoms with Crippen molar-refractivity contribution in [3.8, 4) is 5.75 Å². The van der Waals surface area contributed by atoms with E-state index in [9.17, 15) is 4.79 Å². The highest BCUT2D eigenvalue weighted by Gasteiger charge is 2.16. The summed E-state index contributed by atoms with van der Waals surface area (Å²) in [5, 5.41) is 0. The molecule has 1 fully saturated rings. The van der Waals surface area contributed by atoms with E-state index in [4.69, 9.17) is 9.57 Å². The van der Waals surface area contributed by atoms with Crippen LogP contribution in [0.25, 0.3) is 0 Å². The molecule has 1 aliphatic carbocycles. The van der Waals surface area contributed by atoms with Gasteiger partial charge in [0.2, 0.25) is 5.91 Å². The van der Waals surface area contributed by atoms with Crippen LogP contribution in [0.1, 0.15) is 44.1 Å². The number of hydroxylamine groups is 1. The van der Waals surface area contributed by atoms with Crippen molar-refractivity contribution in [2.45, 2.75) is 51.6 Å². The Morgan fingerprint density at radius 1 is 1.35 bits per heavy atom. The smallest absolute Gasteiger partial charge is 0.243 e. The van der Waals surface area contributed by atoms with Crippen molar-refractivity contribution in [1.82, 2.24) is 5.48 Å². The number of aryl methyl sites for hydroxylation is 1. The topological polar surface area (TPSA) is 47.6 Å². The molecule has 4 nitrogen and oxygen atoms in total. The van der Waals surface area contributed by atoms with Gasteiger partial charge in [-0.05, 0) is 43.9 Å². The van der Waals surface area contributed by atoms with Crippen LogP contribution in [0.3, 0.4) is 0 Å². The molecule has 20 heavy (non-hydrogen) atoms. The number of amides is 1. The maximum absolute atomic E-state index is 11.6. The van der Waals surface area contributed by atoms with Crippen LogP contribution in [-0.4, -0.2) is 18.6 Å². The Hall–Kier alpha value is -1.55. The lowest BCUT2D eigenvalue weighted by Gasteiger charge is -2.11. The predicted molar refractivity (Wildman–Crippen MR) is 77.4 cm³/mol. The minimum absolute atomic E-state index is 0.0651. The number of hydrogen-bond acceptors (Lipinski definition) is 3. The molecule has 1 aromatic carbocycles. The highest BCUT2D eigenvalue weighted by Crippen LogP contribution is 2.19. The van der Waals surface area contributed by atoms with Crippen LogP contribution < -0.4 is 10.2 Å². The molecule has 1 aromatic rings. The zero-order valence-electron chi connectivity index (χ0n) is 12.1. The summed E-state index contributed by atoms with van der Waals surface area (Å²) in [6, 6.07) is 7.91. The number of benzene rings is 1. The summed E-state index contributed by atoms with van der Waals surface area (Å²) in [5.41, 5.74) is 3.71. The van der Waals surface area contributed by atoms with Gasteiger partial charge in [0.25, 0.3) is 0 Å². The SMILES string of the molecule is Cc1cccc(OCCCC(=O)NOC2CCCC2)c1. The van der Waals surface area contributed by atoms with E-state index in [1.54, 1.807) is 0 Å². The average molecular weight is 277 g/mol. The molecule has 1 saturated carbocycles. The molecule has 1 amide bonds. The third kappa shape index (κ3) is 5.21. The van der Waals surface area contributed by atoms with Crippen LogP contribution in [-0.2, 0) is 9.63 Å². The van der Waals surface area contributed by atoms with Gasteiger partial charge in [-0.3, -0.25) is 9.63 Å². The van der Waals surface area contributed by atoms with Gasteiger partial charge in [0.1, 0.15) is 5.75 Å². The second-order valence-corrected chi connectivity index (χ2v) is 5.32.